The van der Waals surface area contributed by atoms with Crippen LogP contribution in [0.5, 0.6) is 5.88 Å². The number of fused-ring (bicyclic) bond motifs is 1. The summed E-state index contributed by atoms with van der Waals surface area (Å²) in [5.41, 5.74) is 2.30. The number of halogens is 2. The Morgan fingerprint density at radius 2 is 2.33 bits per heavy atom. The second-order valence-electron chi connectivity index (χ2n) is 3.14. The van der Waals surface area contributed by atoms with Crippen LogP contribution in [0.3, 0.4) is 0 Å². The van der Waals surface area contributed by atoms with Gasteiger partial charge in [-0.1, -0.05) is 6.92 Å². The Morgan fingerprint density at radius 3 is 2.93 bits per heavy atom. The van der Waals surface area contributed by atoms with Crippen LogP contribution in [0.2, 0.25) is 0 Å². The van der Waals surface area contributed by atoms with Crippen molar-refractivity contribution in [2.75, 3.05) is 7.11 Å². The summed E-state index contributed by atoms with van der Waals surface area (Å²) in [5, 5.41) is 1.14. The van der Waals surface area contributed by atoms with Gasteiger partial charge in [-0.3, -0.25) is 0 Å². The zero-order chi connectivity index (χ0) is 11.0. The summed E-state index contributed by atoms with van der Waals surface area (Å²) in [6.45, 7) is 2.13. The van der Waals surface area contributed by atoms with Gasteiger partial charge in [0, 0.05) is 20.8 Å². The summed E-state index contributed by atoms with van der Waals surface area (Å²) in [7, 11) is 1.62. The lowest BCUT2D eigenvalue weighted by Crippen LogP contribution is -1.88. The molecule has 0 spiro atoms. The number of ether oxygens (including phenoxy) is 1. The van der Waals surface area contributed by atoms with E-state index in [0.717, 1.165) is 21.8 Å². The monoisotopic (exact) mass is 380 g/mol. The molecule has 0 saturated carbocycles. The Kier molecular flexibility index (Phi) is 3.20. The number of nitrogens with zero attached hydrogens (tertiary/aromatic N) is 1. The number of methoxy groups -OCH3 is 1. The van der Waals surface area contributed by atoms with E-state index in [-0.39, 0.29) is 0 Å². The fraction of sp³-hybridized carbons (Fsp3) is 0.300. The Hall–Kier alpha value is -0.300. The van der Waals surface area contributed by atoms with Crippen molar-refractivity contribution in [3.05, 3.63) is 19.9 Å². The van der Waals surface area contributed by atoms with Gasteiger partial charge in [0.25, 0.3) is 0 Å². The molecule has 0 fully saturated rings. The van der Waals surface area contributed by atoms with Crippen LogP contribution in [0, 0.1) is 3.57 Å². The Labute approximate surface area is 110 Å². The molecule has 80 valence electrons. The molecule has 2 heterocycles. The van der Waals surface area contributed by atoms with Crippen LogP contribution in [0.25, 0.3) is 10.9 Å². The maximum absolute atomic E-state index is 5.16. The largest absolute Gasteiger partial charge is 0.480 e. The number of nitrogens with one attached hydrogen (secondary N) is 1. The SMILES string of the molecule is CCc1[nH]c2c(Br)c(OC)ncc2c1I. The molecule has 1 N–H and O–H groups in total. The summed E-state index contributed by atoms with van der Waals surface area (Å²) in [4.78, 5) is 7.62. The van der Waals surface area contributed by atoms with Gasteiger partial charge in [-0.05, 0) is 44.9 Å². The van der Waals surface area contributed by atoms with Gasteiger partial charge in [-0.15, -0.1) is 0 Å². The fourth-order valence-electron chi connectivity index (χ4n) is 1.51. The molecule has 0 aromatic carbocycles. The van der Waals surface area contributed by atoms with Crippen molar-refractivity contribution in [2.24, 2.45) is 0 Å². The summed E-state index contributed by atoms with van der Waals surface area (Å²) >= 11 is 5.84. The highest BCUT2D eigenvalue weighted by Crippen LogP contribution is 2.34. The van der Waals surface area contributed by atoms with E-state index in [0.29, 0.717) is 5.88 Å². The van der Waals surface area contributed by atoms with E-state index in [1.165, 1.54) is 9.26 Å². The molecule has 15 heavy (non-hydrogen) atoms. The quantitative estimate of drug-likeness (QED) is 0.809. The summed E-state index contributed by atoms with van der Waals surface area (Å²) < 4.78 is 7.28. The first-order chi connectivity index (χ1) is 7.19. The molecule has 0 bridgehead atoms. The molecular formula is C10H10BrIN2O. The van der Waals surface area contributed by atoms with Gasteiger partial charge in [0.05, 0.1) is 12.6 Å². The predicted molar refractivity (Wildman–Crippen MR) is 72.4 cm³/mol. The number of rotatable bonds is 2. The van der Waals surface area contributed by atoms with Gasteiger partial charge < -0.3 is 9.72 Å². The molecule has 0 aliphatic rings. The molecule has 3 nitrogen and oxygen atoms in total. The third-order valence-corrected chi connectivity index (χ3v) is 4.28. The van der Waals surface area contributed by atoms with Crippen molar-refractivity contribution in [3.8, 4) is 5.88 Å². The minimum atomic E-state index is 0.614. The molecule has 0 aliphatic carbocycles. The average Bonchev–Trinajstić information content (AvgIpc) is 2.57. The Morgan fingerprint density at radius 1 is 1.60 bits per heavy atom. The normalized spacial score (nSPS) is 10.9. The molecule has 0 aliphatic heterocycles. The van der Waals surface area contributed by atoms with Crippen molar-refractivity contribution >= 4 is 49.4 Å². The molecule has 2 rings (SSSR count). The van der Waals surface area contributed by atoms with E-state index in [1.807, 2.05) is 6.20 Å². The number of hydrogen-bond donors (Lipinski definition) is 1. The number of aryl methyl sites for hydroxylation is 1. The third kappa shape index (κ3) is 1.75. The smallest absolute Gasteiger partial charge is 0.229 e. The highest BCUT2D eigenvalue weighted by atomic mass is 127. The van der Waals surface area contributed by atoms with Crippen LogP contribution in [-0.4, -0.2) is 17.1 Å². The third-order valence-electron chi connectivity index (χ3n) is 2.31. The molecule has 2 aromatic heterocycles. The van der Waals surface area contributed by atoms with Crippen LogP contribution in [-0.2, 0) is 6.42 Å². The Bertz CT molecular complexity index is 510. The maximum Gasteiger partial charge on any atom is 0.229 e. The lowest BCUT2D eigenvalue weighted by Gasteiger charge is -2.01. The lowest BCUT2D eigenvalue weighted by molar-refractivity contribution is 0.396. The maximum atomic E-state index is 5.16. The second-order valence-corrected chi connectivity index (χ2v) is 5.01. The molecule has 0 saturated heterocycles. The van der Waals surface area contributed by atoms with Crippen molar-refractivity contribution in [1.82, 2.24) is 9.97 Å². The van der Waals surface area contributed by atoms with Crippen molar-refractivity contribution in [1.29, 1.82) is 0 Å². The molecule has 0 atom stereocenters. The van der Waals surface area contributed by atoms with Crippen LogP contribution >= 0.6 is 38.5 Å². The standard InChI is InChI=1S/C10H10BrIN2O/c1-3-6-8(12)5-4-13-10(15-2)7(11)9(5)14-6/h4,14H,3H2,1-2H3. The molecule has 0 amide bonds. The van der Waals surface area contributed by atoms with Crippen molar-refractivity contribution in [2.45, 2.75) is 13.3 Å². The highest BCUT2D eigenvalue weighted by molar-refractivity contribution is 14.1. The van der Waals surface area contributed by atoms with Crippen LogP contribution in [0.15, 0.2) is 10.7 Å². The van der Waals surface area contributed by atoms with E-state index in [9.17, 15) is 0 Å². The zero-order valence-electron chi connectivity index (χ0n) is 8.40. The molecule has 2 aromatic rings. The van der Waals surface area contributed by atoms with Gasteiger partial charge in [0.2, 0.25) is 5.88 Å². The number of H-pyrrole nitrogens is 1. The topological polar surface area (TPSA) is 37.9 Å². The second kappa shape index (κ2) is 4.29. The highest BCUT2D eigenvalue weighted by Gasteiger charge is 2.13. The first kappa shape index (κ1) is 11.2. The lowest BCUT2D eigenvalue weighted by atomic mass is 10.3. The van der Waals surface area contributed by atoms with Crippen LogP contribution in [0.1, 0.15) is 12.6 Å². The van der Waals surface area contributed by atoms with Gasteiger partial charge >= 0.3 is 0 Å². The summed E-state index contributed by atoms with van der Waals surface area (Å²) in [5.74, 6) is 0.614. The predicted octanol–water partition coefficient (Wildman–Crippen LogP) is 3.50. The molecule has 0 unspecified atom stereocenters. The van der Waals surface area contributed by atoms with E-state index < -0.39 is 0 Å². The minimum absolute atomic E-state index is 0.614. The zero-order valence-corrected chi connectivity index (χ0v) is 12.1. The number of hydrogen-bond acceptors (Lipinski definition) is 2. The number of aromatic nitrogens is 2. The van der Waals surface area contributed by atoms with Crippen molar-refractivity contribution < 1.29 is 4.74 Å². The average molecular weight is 381 g/mol. The van der Waals surface area contributed by atoms with E-state index in [4.69, 9.17) is 4.74 Å². The molecule has 5 heteroatoms. The first-order valence-corrected chi connectivity index (χ1v) is 6.44. The van der Waals surface area contributed by atoms with E-state index >= 15 is 0 Å². The van der Waals surface area contributed by atoms with Gasteiger partial charge in [0.1, 0.15) is 4.47 Å². The van der Waals surface area contributed by atoms with Gasteiger partial charge in [-0.2, -0.15) is 0 Å². The Balaban J connectivity index is 2.77. The van der Waals surface area contributed by atoms with E-state index in [2.05, 4.69) is 55.4 Å². The number of pyridine rings is 1. The van der Waals surface area contributed by atoms with Gasteiger partial charge in [0.15, 0.2) is 0 Å². The first-order valence-electron chi connectivity index (χ1n) is 4.57. The van der Waals surface area contributed by atoms with Crippen LogP contribution in [0.4, 0.5) is 0 Å². The van der Waals surface area contributed by atoms with Crippen LogP contribution < -0.4 is 4.74 Å². The summed E-state index contributed by atoms with van der Waals surface area (Å²) in [6, 6.07) is 0. The summed E-state index contributed by atoms with van der Waals surface area (Å²) in [6.07, 6.45) is 2.83. The minimum Gasteiger partial charge on any atom is -0.480 e. The fourth-order valence-corrected chi connectivity index (χ4v) is 3.01. The molecular weight excluding hydrogens is 371 g/mol. The van der Waals surface area contributed by atoms with E-state index in [1.54, 1.807) is 7.11 Å². The number of aromatic amines is 1. The van der Waals surface area contributed by atoms with Gasteiger partial charge in [-0.25, -0.2) is 4.98 Å². The molecule has 0 radical (unpaired) electrons. The van der Waals surface area contributed by atoms with Crippen molar-refractivity contribution in [3.63, 3.8) is 0 Å².